The van der Waals surface area contributed by atoms with E-state index >= 15 is 0 Å². The molecule has 0 unspecified atom stereocenters. The first-order chi connectivity index (χ1) is 10.1. The third-order valence-electron chi connectivity index (χ3n) is 3.07. The lowest BCUT2D eigenvalue weighted by atomic mass is 10.1. The second kappa shape index (κ2) is 5.45. The summed E-state index contributed by atoms with van der Waals surface area (Å²) in [7, 11) is 0. The Morgan fingerprint density at radius 1 is 1.38 bits per heavy atom. The Balaban J connectivity index is 2.02. The molecule has 1 N–H and O–H groups in total. The second-order valence-corrected chi connectivity index (χ2v) is 5.56. The topological polar surface area (TPSA) is 81.0 Å². The highest BCUT2D eigenvalue weighted by Crippen LogP contribution is 2.27. The van der Waals surface area contributed by atoms with Crippen LogP contribution in [0.4, 0.5) is 11.4 Å². The van der Waals surface area contributed by atoms with Crippen LogP contribution >= 0.6 is 11.3 Å². The van der Waals surface area contributed by atoms with Gasteiger partial charge in [0.2, 0.25) is 0 Å². The van der Waals surface area contributed by atoms with Gasteiger partial charge in [0.25, 0.3) is 5.69 Å². The zero-order valence-electron chi connectivity index (χ0n) is 11.2. The molecule has 0 bridgehead atoms. The van der Waals surface area contributed by atoms with Gasteiger partial charge >= 0.3 is 0 Å². The third kappa shape index (κ3) is 2.82. The van der Waals surface area contributed by atoms with Crippen LogP contribution in [0.15, 0.2) is 36.0 Å². The van der Waals surface area contributed by atoms with Gasteiger partial charge in [0.05, 0.1) is 22.5 Å². The summed E-state index contributed by atoms with van der Waals surface area (Å²) in [5, 5.41) is 15.0. The molecule has 0 aliphatic heterocycles. The molecule has 2 aromatic heterocycles. The fourth-order valence-electron chi connectivity index (χ4n) is 2.12. The molecule has 0 fully saturated rings. The van der Waals surface area contributed by atoms with Crippen molar-refractivity contribution in [2.45, 2.75) is 13.5 Å². The number of benzene rings is 1. The quantitative estimate of drug-likeness (QED) is 0.589. The van der Waals surface area contributed by atoms with Gasteiger partial charge in [0, 0.05) is 40.0 Å². The molecular weight excluding hydrogens is 288 g/mol. The highest BCUT2D eigenvalue weighted by Gasteiger charge is 2.10. The lowest BCUT2D eigenvalue weighted by molar-refractivity contribution is -0.384. The maximum Gasteiger partial charge on any atom is 0.270 e. The number of hydrogen-bond acceptors (Lipinski definition) is 6. The summed E-state index contributed by atoms with van der Waals surface area (Å²) in [5.74, 6) is 0. The van der Waals surface area contributed by atoms with E-state index in [0.717, 1.165) is 27.2 Å². The number of rotatable bonds is 4. The number of anilines is 1. The Morgan fingerprint density at radius 2 is 2.24 bits per heavy atom. The summed E-state index contributed by atoms with van der Waals surface area (Å²) in [5.41, 5.74) is 4.29. The molecule has 7 heteroatoms. The van der Waals surface area contributed by atoms with Crippen LogP contribution in [0.1, 0.15) is 10.6 Å². The highest BCUT2D eigenvalue weighted by atomic mass is 32.1. The molecule has 6 nitrogen and oxygen atoms in total. The number of nitro groups is 1. The van der Waals surface area contributed by atoms with Crippen molar-refractivity contribution in [1.82, 2.24) is 9.97 Å². The van der Waals surface area contributed by atoms with Gasteiger partial charge in [0.15, 0.2) is 0 Å². The zero-order valence-corrected chi connectivity index (χ0v) is 12.1. The minimum absolute atomic E-state index is 0.0639. The van der Waals surface area contributed by atoms with Gasteiger partial charge in [-0.2, -0.15) is 0 Å². The normalized spacial score (nSPS) is 10.7. The van der Waals surface area contributed by atoms with Crippen LogP contribution in [0.25, 0.3) is 10.9 Å². The summed E-state index contributed by atoms with van der Waals surface area (Å²) in [6, 6.07) is 6.60. The molecule has 0 aliphatic carbocycles. The Morgan fingerprint density at radius 3 is 2.95 bits per heavy atom. The van der Waals surface area contributed by atoms with Gasteiger partial charge in [0.1, 0.15) is 0 Å². The van der Waals surface area contributed by atoms with Gasteiger partial charge in [-0.15, -0.1) is 11.3 Å². The van der Waals surface area contributed by atoms with E-state index in [-0.39, 0.29) is 5.69 Å². The molecule has 2 heterocycles. The fraction of sp³-hybridized carbons (Fsp3) is 0.143. The largest absolute Gasteiger partial charge is 0.379 e. The van der Waals surface area contributed by atoms with Crippen molar-refractivity contribution in [2.24, 2.45) is 0 Å². The van der Waals surface area contributed by atoms with E-state index in [1.54, 1.807) is 35.2 Å². The van der Waals surface area contributed by atoms with Crippen LogP contribution in [0.3, 0.4) is 0 Å². The molecule has 0 saturated heterocycles. The molecular formula is C14H12N4O2S. The minimum atomic E-state index is -0.397. The molecule has 0 spiro atoms. The Bertz CT molecular complexity index is 802. The maximum atomic E-state index is 10.9. The maximum absolute atomic E-state index is 10.9. The fourth-order valence-corrected chi connectivity index (χ4v) is 2.65. The van der Waals surface area contributed by atoms with E-state index in [9.17, 15) is 10.1 Å². The molecule has 3 rings (SSSR count). The number of hydrogen-bond donors (Lipinski definition) is 1. The second-order valence-electron chi connectivity index (χ2n) is 4.59. The summed E-state index contributed by atoms with van der Waals surface area (Å²) < 4.78 is 0. The first kappa shape index (κ1) is 13.4. The van der Waals surface area contributed by atoms with Crippen molar-refractivity contribution in [3.05, 3.63) is 56.7 Å². The molecule has 3 aromatic rings. The van der Waals surface area contributed by atoms with E-state index in [1.165, 1.54) is 6.07 Å². The zero-order chi connectivity index (χ0) is 14.8. The number of fused-ring (bicyclic) bond motifs is 1. The standard InChI is InChI=1S/C14H12N4O2S/c1-9-4-14(16-7-11-6-15-8-21-11)12-5-10(18(19)20)2-3-13(12)17-9/h2-6,8H,7H2,1H3,(H,16,17). The number of nitrogens with zero attached hydrogens (tertiary/aromatic N) is 3. The molecule has 0 amide bonds. The molecule has 0 radical (unpaired) electrons. The SMILES string of the molecule is Cc1cc(NCc2cncs2)c2cc([N+](=O)[O-])ccc2n1. The predicted octanol–water partition coefficient (Wildman–Crippen LogP) is 3.52. The number of nitro benzene ring substituents is 1. The number of aryl methyl sites for hydroxylation is 1. The van der Waals surface area contributed by atoms with Crippen LogP contribution in [0.2, 0.25) is 0 Å². The summed E-state index contributed by atoms with van der Waals surface area (Å²) >= 11 is 1.56. The molecule has 106 valence electrons. The van der Waals surface area contributed by atoms with Crippen LogP contribution < -0.4 is 5.32 Å². The molecule has 21 heavy (non-hydrogen) atoms. The van der Waals surface area contributed by atoms with E-state index in [2.05, 4.69) is 15.3 Å². The number of nitrogens with one attached hydrogen (secondary N) is 1. The number of pyridine rings is 1. The number of aromatic nitrogens is 2. The predicted molar refractivity (Wildman–Crippen MR) is 82.6 cm³/mol. The van der Waals surface area contributed by atoms with Crippen LogP contribution in [0.5, 0.6) is 0 Å². The van der Waals surface area contributed by atoms with Crippen molar-refractivity contribution >= 4 is 33.6 Å². The molecule has 0 saturated carbocycles. The Labute approximate surface area is 124 Å². The van der Waals surface area contributed by atoms with E-state index in [0.29, 0.717) is 6.54 Å². The number of non-ortho nitro benzene ring substituents is 1. The average molecular weight is 300 g/mol. The lowest BCUT2D eigenvalue weighted by Crippen LogP contribution is -2.00. The van der Waals surface area contributed by atoms with Crippen molar-refractivity contribution < 1.29 is 4.92 Å². The number of thiazole rings is 1. The summed E-state index contributed by atoms with van der Waals surface area (Å²) in [4.78, 5) is 20.1. The average Bonchev–Trinajstić information content (AvgIpc) is 2.97. The smallest absolute Gasteiger partial charge is 0.270 e. The molecule has 0 atom stereocenters. The molecule has 0 aliphatic rings. The van der Waals surface area contributed by atoms with Gasteiger partial charge < -0.3 is 5.32 Å². The van der Waals surface area contributed by atoms with Gasteiger partial charge in [-0.05, 0) is 19.1 Å². The van der Waals surface area contributed by atoms with Crippen molar-refractivity contribution in [2.75, 3.05) is 5.32 Å². The van der Waals surface area contributed by atoms with Crippen molar-refractivity contribution in [3.8, 4) is 0 Å². The van der Waals surface area contributed by atoms with Gasteiger partial charge in [-0.3, -0.25) is 20.1 Å². The third-order valence-corrected chi connectivity index (χ3v) is 3.85. The Hall–Kier alpha value is -2.54. The first-order valence-electron chi connectivity index (χ1n) is 6.30. The van der Waals surface area contributed by atoms with Crippen LogP contribution in [-0.4, -0.2) is 14.9 Å². The summed E-state index contributed by atoms with van der Waals surface area (Å²) in [6.07, 6.45) is 1.80. The van der Waals surface area contributed by atoms with E-state index < -0.39 is 4.92 Å². The van der Waals surface area contributed by atoms with Crippen molar-refractivity contribution in [3.63, 3.8) is 0 Å². The van der Waals surface area contributed by atoms with Crippen LogP contribution in [-0.2, 0) is 6.54 Å². The minimum Gasteiger partial charge on any atom is -0.379 e. The molecule has 1 aromatic carbocycles. The van der Waals surface area contributed by atoms with E-state index in [4.69, 9.17) is 0 Å². The van der Waals surface area contributed by atoms with Crippen molar-refractivity contribution in [1.29, 1.82) is 0 Å². The van der Waals surface area contributed by atoms with Gasteiger partial charge in [-0.1, -0.05) is 0 Å². The monoisotopic (exact) mass is 300 g/mol. The highest BCUT2D eigenvalue weighted by molar-refractivity contribution is 7.09. The van der Waals surface area contributed by atoms with E-state index in [1.807, 2.05) is 13.0 Å². The summed E-state index contributed by atoms with van der Waals surface area (Å²) in [6.45, 7) is 2.53. The lowest BCUT2D eigenvalue weighted by Gasteiger charge is -2.09. The Kier molecular flexibility index (Phi) is 3.49. The van der Waals surface area contributed by atoms with Gasteiger partial charge in [-0.25, -0.2) is 0 Å². The van der Waals surface area contributed by atoms with Crippen LogP contribution in [0, 0.1) is 17.0 Å². The first-order valence-corrected chi connectivity index (χ1v) is 7.18.